The average molecular weight is 437 g/mol. The van der Waals surface area contributed by atoms with E-state index in [1.54, 1.807) is 22.9 Å². The van der Waals surface area contributed by atoms with Gasteiger partial charge in [0.05, 0.1) is 5.75 Å². The number of rotatable bonds is 7. The summed E-state index contributed by atoms with van der Waals surface area (Å²) in [7, 11) is 0. The second-order valence-electron chi connectivity index (χ2n) is 6.93. The zero-order valence-electron chi connectivity index (χ0n) is 16.9. The summed E-state index contributed by atoms with van der Waals surface area (Å²) in [6, 6.07) is 15.7. The van der Waals surface area contributed by atoms with Crippen LogP contribution in [-0.2, 0) is 17.9 Å². The number of fused-ring (bicyclic) bond motifs is 1. The van der Waals surface area contributed by atoms with Gasteiger partial charge in [-0.3, -0.25) is 14.2 Å². The highest BCUT2D eigenvalue weighted by Gasteiger charge is 2.16. The van der Waals surface area contributed by atoms with Crippen LogP contribution in [-0.4, -0.2) is 26.2 Å². The smallest absolute Gasteiger partial charge is 0.278 e. The molecule has 2 N–H and O–H groups in total. The quantitative estimate of drug-likeness (QED) is 0.340. The van der Waals surface area contributed by atoms with E-state index in [2.05, 4.69) is 10.3 Å². The first-order valence-electron chi connectivity index (χ1n) is 9.88. The maximum absolute atomic E-state index is 13.0. The number of amides is 1. The zero-order valence-corrected chi connectivity index (χ0v) is 17.7. The molecular weight excluding hydrogens is 415 g/mol. The number of carbonyl (C=O) groups is 1. The third kappa shape index (κ3) is 4.54. The van der Waals surface area contributed by atoms with Crippen molar-refractivity contribution in [3.05, 3.63) is 82.5 Å². The summed E-state index contributed by atoms with van der Waals surface area (Å²) in [4.78, 5) is 33.0. The third-order valence-corrected chi connectivity index (χ3v) is 5.86. The lowest BCUT2D eigenvalue weighted by Gasteiger charge is -2.11. The molecule has 0 radical (unpaired) electrons. The Morgan fingerprint density at radius 2 is 1.90 bits per heavy atom. The highest BCUT2D eigenvalue weighted by Crippen LogP contribution is 2.27. The number of thioether (sulfide) groups is 1. The van der Waals surface area contributed by atoms with Crippen molar-refractivity contribution in [3.63, 3.8) is 0 Å². The molecule has 2 aromatic heterocycles. The topological polar surface area (TPSA) is 79.8 Å². The normalized spacial score (nSPS) is 11.0. The Balaban J connectivity index is 1.54. The van der Waals surface area contributed by atoms with Crippen molar-refractivity contribution in [1.82, 2.24) is 19.9 Å². The summed E-state index contributed by atoms with van der Waals surface area (Å²) in [6.45, 7) is 2.62. The second kappa shape index (κ2) is 9.18. The lowest BCUT2D eigenvalue weighted by atomic mass is 10.1. The Morgan fingerprint density at radius 1 is 1.16 bits per heavy atom. The summed E-state index contributed by atoms with van der Waals surface area (Å²) in [5, 5.41) is 3.30. The van der Waals surface area contributed by atoms with Gasteiger partial charge in [0.2, 0.25) is 5.91 Å². The van der Waals surface area contributed by atoms with E-state index in [0.717, 1.165) is 16.7 Å². The molecule has 0 atom stereocenters. The standard InChI is InChI=1S/C23H21FN4O2S/c1-2-28-22(30)21-20(18(13-26-21)16-6-4-3-5-7-16)27-23(28)31-14-19(29)25-12-15-8-10-17(24)11-9-15/h3-11,13,26H,2,12,14H2,1H3,(H,25,29). The van der Waals surface area contributed by atoms with Gasteiger partial charge in [0.1, 0.15) is 16.9 Å². The number of benzene rings is 2. The first kappa shape index (κ1) is 20.9. The van der Waals surface area contributed by atoms with Gasteiger partial charge in [0.15, 0.2) is 5.16 Å². The van der Waals surface area contributed by atoms with E-state index in [0.29, 0.717) is 29.3 Å². The largest absolute Gasteiger partial charge is 0.355 e. The number of halogens is 1. The van der Waals surface area contributed by atoms with E-state index >= 15 is 0 Å². The molecule has 4 rings (SSSR count). The first-order valence-corrected chi connectivity index (χ1v) is 10.9. The molecule has 4 aromatic rings. The van der Waals surface area contributed by atoms with Gasteiger partial charge in [-0.15, -0.1) is 0 Å². The Kier molecular flexibility index (Phi) is 6.18. The molecule has 0 aliphatic rings. The van der Waals surface area contributed by atoms with Crippen LogP contribution in [0.3, 0.4) is 0 Å². The van der Waals surface area contributed by atoms with Gasteiger partial charge in [-0.25, -0.2) is 9.37 Å². The molecule has 31 heavy (non-hydrogen) atoms. The SMILES string of the molecule is CCn1c(SCC(=O)NCc2ccc(F)cc2)nc2c(-c3ccccc3)c[nH]c2c1=O. The number of aromatic nitrogens is 3. The monoisotopic (exact) mass is 436 g/mol. The van der Waals surface area contributed by atoms with Crippen LogP contribution in [0, 0.1) is 5.82 Å². The Bertz CT molecular complexity index is 1270. The van der Waals surface area contributed by atoms with Crippen molar-refractivity contribution < 1.29 is 9.18 Å². The lowest BCUT2D eigenvalue weighted by molar-refractivity contribution is -0.118. The summed E-state index contributed by atoms with van der Waals surface area (Å²) in [5.41, 5.74) is 3.50. The van der Waals surface area contributed by atoms with Crippen molar-refractivity contribution >= 4 is 28.7 Å². The molecule has 6 nitrogen and oxygen atoms in total. The van der Waals surface area contributed by atoms with E-state index in [-0.39, 0.29) is 23.0 Å². The summed E-state index contributed by atoms with van der Waals surface area (Å²) < 4.78 is 14.6. The Morgan fingerprint density at radius 3 is 2.61 bits per heavy atom. The number of H-pyrrole nitrogens is 1. The fraction of sp³-hybridized carbons (Fsp3) is 0.174. The minimum absolute atomic E-state index is 0.115. The van der Waals surface area contributed by atoms with Crippen LogP contribution >= 0.6 is 11.8 Å². The number of hydrogen-bond donors (Lipinski definition) is 2. The molecule has 0 unspecified atom stereocenters. The highest BCUT2D eigenvalue weighted by molar-refractivity contribution is 7.99. The predicted octanol–water partition coefficient (Wildman–Crippen LogP) is 3.96. The minimum atomic E-state index is -0.315. The number of nitrogens with zero attached hydrogens (tertiary/aromatic N) is 2. The van der Waals surface area contributed by atoms with Gasteiger partial charge in [0, 0.05) is 24.8 Å². The van der Waals surface area contributed by atoms with E-state index in [1.165, 1.54) is 23.9 Å². The number of aromatic amines is 1. The van der Waals surface area contributed by atoms with Crippen molar-refractivity contribution in [2.24, 2.45) is 0 Å². The molecule has 0 aliphatic carbocycles. The van der Waals surface area contributed by atoms with Gasteiger partial charge in [-0.1, -0.05) is 54.2 Å². The van der Waals surface area contributed by atoms with E-state index in [1.807, 2.05) is 37.3 Å². The van der Waals surface area contributed by atoms with Crippen molar-refractivity contribution in [2.75, 3.05) is 5.75 Å². The van der Waals surface area contributed by atoms with Crippen molar-refractivity contribution in [2.45, 2.75) is 25.2 Å². The average Bonchev–Trinajstić information content (AvgIpc) is 3.22. The van der Waals surface area contributed by atoms with Crippen molar-refractivity contribution in [3.8, 4) is 11.1 Å². The van der Waals surface area contributed by atoms with Crippen molar-refractivity contribution in [1.29, 1.82) is 0 Å². The van der Waals surface area contributed by atoms with Gasteiger partial charge in [-0.05, 0) is 30.2 Å². The molecule has 0 spiro atoms. The van der Waals surface area contributed by atoms with E-state index in [9.17, 15) is 14.0 Å². The number of hydrogen-bond acceptors (Lipinski definition) is 4. The molecule has 0 aliphatic heterocycles. The molecule has 8 heteroatoms. The summed E-state index contributed by atoms with van der Waals surface area (Å²) >= 11 is 1.22. The highest BCUT2D eigenvalue weighted by atomic mass is 32.2. The molecular formula is C23H21FN4O2S. The molecule has 1 amide bonds. The van der Waals surface area contributed by atoms with Gasteiger partial charge >= 0.3 is 0 Å². The minimum Gasteiger partial charge on any atom is -0.355 e. The molecule has 0 saturated carbocycles. The molecule has 2 heterocycles. The third-order valence-electron chi connectivity index (χ3n) is 4.89. The summed E-state index contributed by atoms with van der Waals surface area (Å²) in [5.74, 6) is -0.391. The summed E-state index contributed by atoms with van der Waals surface area (Å²) in [6.07, 6.45) is 1.79. The second-order valence-corrected chi connectivity index (χ2v) is 7.87. The molecule has 2 aromatic carbocycles. The number of nitrogens with one attached hydrogen (secondary N) is 2. The van der Waals surface area contributed by atoms with Crippen LogP contribution in [0.25, 0.3) is 22.2 Å². The lowest BCUT2D eigenvalue weighted by Crippen LogP contribution is -2.26. The van der Waals surface area contributed by atoms with Crippen LogP contribution in [0.1, 0.15) is 12.5 Å². The maximum atomic E-state index is 13.0. The molecule has 0 bridgehead atoms. The van der Waals surface area contributed by atoms with Crippen LogP contribution in [0.5, 0.6) is 0 Å². The van der Waals surface area contributed by atoms with Crippen LogP contribution in [0.15, 0.2) is 70.7 Å². The van der Waals surface area contributed by atoms with Crippen LogP contribution < -0.4 is 10.9 Å². The fourth-order valence-corrected chi connectivity index (χ4v) is 4.17. The predicted molar refractivity (Wildman–Crippen MR) is 120 cm³/mol. The van der Waals surface area contributed by atoms with Crippen LogP contribution in [0.2, 0.25) is 0 Å². The van der Waals surface area contributed by atoms with E-state index in [4.69, 9.17) is 4.98 Å². The first-order chi connectivity index (χ1) is 15.1. The zero-order chi connectivity index (χ0) is 21.8. The molecule has 0 saturated heterocycles. The van der Waals surface area contributed by atoms with Gasteiger partial charge < -0.3 is 10.3 Å². The fourth-order valence-electron chi connectivity index (χ4n) is 3.28. The Hall–Kier alpha value is -3.39. The van der Waals surface area contributed by atoms with Crippen LogP contribution in [0.4, 0.5) is 4.39 Å². The van der Waals surface area contributed by atoms with E-state index < -0.39 is 0 Å². The maximum Gasteiger partial charge on any atom is 0.278 e. The van der Waals surface area contributed by atoms with Gasteiger partial charge in [-0.2, -0.15) is 0 Å². The van der Waals surface area contributed by atoms with Gasteiger partial charge in [0.25, 0.3) is 5.56 Å². The Labute approximate surface area is 182 Å². The molecule has 158 valence electrons. The molecule has 0 fully saturated rings. The number of carbonyl (C=O) groups excluding carboxylic acids is 1.